The predicted octanol–water partition coefficient (Wildman–Crippen LogP) is 2.34. The van der Waals surface area contributed by atoms with Gasteiger partial charge in [0.2, 0.25) is 0 Å². The molecule has 1 N–H and O–H groups in total. The monoisotopic (exact) mass is 368 g/mol. The lowest BCUT2D eigenvalue weighted by atomic mass is 10.2. The minimum atomic E-state index is -0.384. The summed E-state index contributed by atoms with van der Waals surface area (Å²) in [5.74, 6) is -0.384. The molecule has 26 heavy (non-hydrogen) atoms. The summed E-state index contributed by atoms with van der Waals surface area (Å²) in [6, 6.07) is 10.7. The van der Waals surface area contributed by atoms with Gasteiger partial charge in [0.05, 0.1) is 27.9 Å². The first kappa shape index (κ1) is 17.9. The number of aromatic nitrogens is 2. The Morgan fingerprint density at radius 2 is 1.92 bits per heavy atom. The van der Waals surface area contributed by atoms with Crippen molar-refractivity contribution >= 4 is 30.0 Å². The van der Waals surface area contributed by atoms with E-state index in [0.29, 0.717) is 21.8 Å². The molecule has 0 unspecified atom stereocenters. The fourth-order valence-electron chi connectivity index (χ4n) is 2.53. The zero-order valence-electron chi connectivity index (χ0n) is 14.9. The summed E-state index contributed by atoms with van der Waals surface area (Å²) in [5.41, 5.74) is 0.888. The van der Waals surface area contributed by atoms with Gasteiger partial charge in [-0.3, -0.25) is 9.89 Å². The third kappa shape index (κ3) is 3.70. The number of aryl methyl sites for hydroxylation is 1. The number of carbonyl (C=O) groups is 1. The highest BCUT2D eigenvalue weighted by Crippen LogP contribution is 2.15. The molecule has 3 rings (SSSR count). The number of nitrogens with zero attached hydrogens (tertiary/aromatic N) is 1. The molecule has 0 saturated heterocycles. The molecule has 0 radical (unpaired) electrons. The second-order valence-corrected chi connectivity index (χ2v) is 7.56. The predicted molar refractivity (Wildman–Crippen MR) is 104 cm³/mol. The van der Waals surface area contributed by atoms with E-state index in [-0.39, 0.29) is 17.6 Å². The van der Waals surface area contributed by atoms with Crippen LogP contribution in [0, 0.1) is 6.92 Å². The second kappa shape index (κ2) is 7.17. The van der Waals surface area contributed by atoms with E-state index in [1.807, 2.05) is 25.1 Å². The first-order valence-corrected chi connectivity index (χ1v) is 9.06. The topological polar surface area (TPSA) is 64.1 Å². The van der Waals surface area contributed by atoms with E-state index < -0.39 is 0 Å². The van der Waals surface area contributed by atoms with E-state index in [1.165, 1.54) is 9.56 Å². The molecule has 0 aliphatic heterocycles. The van der Waals surface area contributed by atoms with Crippen LogP contribution in [0.3, 0.4) is 0 Å². The van der Waals surface area contributed by atoms with Gasteiger partial charge in [0.25, 0.3) is 5.56 Å². The summed E-state index contributed by atoms with van der Waals surface area (Å²) in [6.07, 6.45) is 1.66. The molecule has 6 heteroatoms. The average molecular weight is 368 g/mol. The molecule has 0 aliphatic rings. The Balaban J connectivity index is 1.97. The quantitative estimate of drug-likeness (QED) is 0.719. The first-order chi connectivity index (χ1) is 12.3. The van der Waals surface area contributed by atoms with Crippen LogP contribution in [-0.4, -0.2) is 21.9 Å². The third-order valence-corrected chi connectivity index (χ3v) is 4.70. The highest BCUT2D eigenvalue weighted by Gasteiger charge is 2.10. The smallest absolute Gasteiger partial charge is 0.338 e. The zero-order valence-corrected chi connectivity index (χ0v) is 15.7. The number of hydrogen-bond acceptors (Lipinski definition) is 4. The Kier molecular flexibility index (Phi) is 4.95. The molecular weight excluding hydrogens is 348 g/mol. The molecule has 0 fully saturated rings. The molecule has 2 heterocycles. The van der Waals surface area contributed by atoms with Gasteiger partial charge in [0, 0.05) is 9.75 Å². The normalized spacial score (nSPS) is 11.9. The van der Waals surface area contributed by atoms with E-state index in [9.17, 15) is 9.59 Å². The molecule has 1 aromatic carbocycles. The number of hydrogen-bond donors (Lipinski definition) is 1. The molecule has 0 atom stereocenters. The summed E-state index contributed by atoms with van der Waals surface area (Å²) in [5, 5.41) is 4.06. The minimum Gasteiger partial charge on any atom is -0.459 e. The number of rotatable bonds is 4. The van der Waals surface area contributed by atoms with Crippen LogP contribution in [0.25, 0.3) is 18.3 Å². The van der Waals surface area contributed by atoms with Crippen LogP contribution >= 0.6 is 11.3 Å². The van der Waals surface area contributed by atoms with Crippen LogP contribution in [-0.2, 0) is 4.74 Å². The Morgan fingerprint density at radius 1 is 1.23 bits per heavy atom. The maximum Gasteiger partial charge on any atom is 0.338 e. The Hall–Kier alpha value is -2.86. The Morgan fingerprint density at radius 3 is 2.50 bits per heavy atom. The van der Waals surface area contributed by atoms with Crippen molar-refractivity contribution in [2.45, 2.75) is 26.9 Å². The number of H-pyrrole nitrogens is 1. The van der Waals surface area contributed by atoms with Crippen molar-refractivity contribution in [3.05, 3.63) is 72.6 Å². The molecule has 134 valence electrons. The lowest BCUT2D eigenvalue weighted by molar-refractivity contribution is 0.0378. The zero-order chi connectivity index (χ0) is 18.8. The van der Waals surface area contributed by atoms with Crippen molar-refractivity contribution in [2.24, 2.45) is 0 Å². The van der Waals surface area contributed by atoms with Crippen LogP contribution in [0.5, 0.6) is 0 Å². The lowest BCUT2D eigenvalue weighted by Crippen LogP contribution is -2.33. The molecule has 0 spiro atoms. The number of ether oxygens (including phenoxy) is 1. The van der Waals surface area contributed by atoms with E-state index in [0.717, 1.165) is 4.88 Å². The van der Waals surface area contributed by atoms with Crippen molar-refractivity contribution in [1.29, 1.82) is 0 Å². The van der Waals surface area contributed by atoms with Crippen LogP contribution in [0.1, 0.15) is 34.0 Å². The van der Waals surface area contributed by atoms with Gasteiger partial charge in [-0.15, -0.1) is 11.3 Å². The van der Waals surface area contributed by atoms with Gasteiger partial charge in [-0.05, 0) is 63.2 Å². The van der Waals surface area contributed by atoms with Crippen molar-refractivity contribution in [3.63, 3.8) is 0 Å². The minimum absolute atomic E-state index is 0.180. The number of esters is 1. The van der Waals surface area contributed by atoms with Crippen molar-refractivity contribution in [1.82, 2.24) is 9.78 Å². The van der Waals surface area contributed by atoms with Crippen LogP contribution in [0.15, 0.2) is 41.2 Å². The van der Waals surface area contributed by atoms with E-state index in [1.54, 1.807) is 49.4 Å². The van der Waals surface area contributed by atoms with Crippen LogP contribution < -0.4 is 16.1 Å². The molecule has 0 aliphatic carbocycles. The number of thiophene rings is 1. The average Bonchev–Trinajstić information content (AvgIpc) is 3.12. The number of benzene rings is 1. The van der Waals surface area contributed by atoms with Gasteiger partial charge in [0.1, 0.15) is 0 Å². The van der Waals surface area contributed by atoms with E-state index >= 15 is 0 Å². The Labute approximate surface area is 154 Å². The summed E-state index contributed by atoms with van der Waals surface area (Å²) >= 11 is 1.62. The highest BCUT2D eigenvalue weighted by molar-refractivity contribution is 7.12. The van der Waals surface area contributed by atoms with Crippen molar-refractivity contribution in [2.75, 3.05) is 0 Å². The molecule has 5 nitrogen and oxygen atoms in total. The summed E-state index contributed by atoms with van der Waals surface area (Å²) < 4.78 is 6.59. The van der Waals surface area contributed by atoms with Gasteiger partial charge in [-0.25, -0.2) is 9.48 Å². The molecule has 3 aromatic rings. The third-order valence-electron chi connectivity index (χ3n) is 3.76. The van der Waals surface area contributed by atoms with E-state index in [4.69, 9.17) is 4.74 Å². The Bertz CT molecular complexity index is 1100. The van der Waals surface area contributed by atoms with Gasteiger partial charge < -0.3 is 4.74 Å². The largest absolute Gasteiger partial charge is 0.459 e. The molecular formula is C20H20N2O3S. The highest BCUT2D eigenvalue weighted by atomic mass is 32.1. The lowest BCUT2D eigenvalue weighted by Gasteiger charge is -2.08. The second-order valence-electron chi connectivity index (χ2n) is 6.24. The van der Waals surface area contributed by atoms with Crippen molar-refractivity contribution in [3.8, 4) is 5.69 Å². The van der Waals surface area contributed by atoms with Gasteiger partial charge in [0.15, 0.2) is 0 Å². The fraction of sp³-hybridized carbons (Fsp3) is 0.200. The molecule has 0 bridgehead atoms. The maximum atomic E-state index is 12.7. The SMILES string of the molecule is C=c1[nH]n(-c2ccc(C(=O)OC(C)C)cc2)c(=O)/c1=C\c1ccc(C)s1. The maximum absolute atomic E-state index is 12.7. The number of carbonyl (C=O) groups excluding carboxylic acids is 1. The summed E-state index contributed by atoms with van der Waals surface area (Å²) in [4.78, 5) is 26.8. The van der Waals surface area contributed by atoms with Gasteiger partial charge in [-0.2, -0.15) is 0 Å². The summed E-state index contributed by atoms with van der Waals surface area (Å²) in [6.45, 7) is 9.55. The standard InChI is InChI=1S/C20H20N2O3S/c1-12(2)25-20(24)15-6-8-16(9-7-15)22-19(23)18(14(4)21-22)11-17-10-5-13(3)26-17/h5-12,21H,4H2,1-3H3/b18-11-. The van der Waals surface area contributed by atoms with Crippen LogP contribution in [0.4, 0.5) is 0 Å². The number of nitrogens with one attached hydrogen (secondary N) is 1. The number of aromatic amines is 1. The first-order valence-electron chi connectivity index (χ1n) is 8.24. The fourth-order valence-corrected chi connectivity index (χ4v) is 3.35. The molecule has 0 saturated carbocycles. The van der Waals surface area contributed by atoms with E-state index in [2.05, 4.69) is 11.7 Å². The van der Waals surface area contributed by atoms with Gasteiger partial charge in [-0.1, -0.05) is 6.58 Å². The molecule has 0 amide bonds. The van der Waals surface area contributed by atoms with Gasteiger partial charge >= 0.3 is 5.97 Å². The summed E-state index contributed by atoms with van der Waals surface area (Å²) in [7, 11) is 0. The van der Waals surface area contributed by atoms with Crippen molar-refractivity contribution < 1.29 is 9.53 Å². The van der Waals surface area contributed by atoms with Crippen LogP contribution in [0.2, 0.25) is 0 Å². The molecule has 2 aromatic heterocycles.